The van der Waals surface area contributed by atoms with Gasteiger partial charge in [-0.25, -0.2) is 9.78 Å². The summed E-state index contributed by atoms with van der Waals surface area (Å²) in [7, 11) is 0. The number of carbonyl (C=O) groups is 1. The molecular weight excluding hydrogens is 419 g/mol. The highest BCUT2D eigenvalue weighted by atomic mass is 35.5. The number of nitrogens with zero attached hydrogens (tertiary/aromatic N) is 2. The lowest BCUT2D eigenvalue weighted by Crippen LogP contribution is -2.17. The lowest BCUT2D eigenvalue weighted by Gasteiger charge is -2.20. The van der Waals surface area contributed by atoms with Gasteiger partial charge in [0.2, 0.25) is 0 Å². The zero-order valence-corrected chi connectivity index (χ0v) is 17.8. The molecule has 0 saturated carbocycles. The first-order valence-electron chi connectivity index (χ1n) is 8.65. The van der Waals surface area contributed by atoms with Crippen molar-refractivity contribution in [1.29, 1.82) is 0 Å². The van der Waals surface area contributed by atoms with Crippen LogP contribution in [0, 0.1) is 0 Å². The molecule has 0 fully saturated rings. The van der Waals surface area contributed by atoms with Crippen LogP contribution in [0.1, 0.15) is 47.4 Å². The maximum Gasteiger partial charge on any atom is 0.338 e. The number of imidazole rings is 1. The molecule has 4 nitrogen and oxygen atoms in total. The summed E-state index contributed by atoms with van der Waals surface area (Å²) < 4.78 is 7.64. The Hall–Kier alpha value is -2.01. The summed E-state index contributed by atoms with van der Waals surface area (Å²) in [5.41, 5.74) is 2.37. The molecule has 3 aromatic rings. The van der Waals surface area contributed by atoms with E-state index in [1.807, 2.05) is 22.9 Å². The fraction of sp³-hybridized carbons (Fsp3) is 0.238. The average Bonchev–Trinajstić information content (AvgIpc) is 3.14. The van der Waals surface area contributed by atoms with Gasteiger partial charge in [0.1, 0.15) is 6.10 Å². The van der Waals surface area contributed by atoms with Crippen LogP contribution < -0.4 is 0 Å². The molecular formula is C21H21Cl3N2O2. The molecule has 0 amide bonds. The summed E-state index contributed by atoms with van der Waals surface area (Å²) in [6.07, 6.45) is 4.58. The zero-order valence-electron chi connectivity index (χ0n) is 15.5. The van der Waals surface area contributed by atoms with Crippen LogP contribution in [0.5, 0.6) is 0 Å². The second kappa shape index (κ2) is 9.97. The van der Waals surface area contributed by atoms with Crippen LogP contribution in [0.15, 0.2) is 61.2 Å². The van der Waals surface area contributed by atoms with Crippen LogP contribution in [0.2, 0.25) is 10.0 Å². The van der Waals surface area contributed by atoms with E-state index in [1.54, 1.807) is 42.9 Å². The Morgan fingerprint density at radius 3 is 2.43 bits per heavy atom. The normalized spacial score (nSPS) is 11.8. The Morgan fingerprint density at radius 2 is 1.86 bits per heavy atom. The molecule has 0 radical (unpaired) electrons. The molecule has 3 rings (SSSR count). The monoisotopic (exact) mass is 438 g/mol. The predicted octanol–water partition coefficient (Wildman–Crippen LogP) is 6.33. The zero-order chi connectivity index (χ0) is 19.4. The van der Waals surface area contributed by atoms with E-state index in [2.05, 4.69) is 18.8 Å². The number of halogens is 3. The van der Waals surface area contributed by atoms with Gasteiger partial charge >= 0.3 is 5.97 Å². The number of carbonyl (C=O) groups excluding carboxylic acids is 1. The summed E-state index contributed by atoms with van der Waals surface area (Å²) in [6, 6.07) is 12.6. The van der Waals surface area contributed by atoms with Gasteiger partial charge in [0.05, 0.1) is 18.4 Å². The van der Waals surface area contributed by atoms with E-state index in [-0.39, 0.29) is 12.4 Å². The first kappa shape index (κ1) is 22.3. The van der Waals surface area contributed by atoms with Gasteiger partial charge in [-0.1, -0.05) is 55.2 Å². The van der Waals surface area contributed by atoms with E-state index in [9.17, 15) is 4.79 Å². The van der Waals surface area contributed by atoms with Crippen molar-refractivity contribution in [1.82, 2.24) is 9.55 Å². The second-order valence-corrected chi connectivity index (χ2v) is 7.44. The summed E-state index contributed by atoms with van der Waals surface area (Å²) in [5.74, 6) is -0.00151. The lowest BCUT2D eigenvalue weighted by molar-refractivity contribution is 0.0255. The van der Waals surface area contributed by atoms with E-state index in [0.717, 1.165) is 0 Å². The van der Waals surface area contributed by atoms with Crippen LogP contribution in [-0.4, -0.2) is 15.5 Å². The number of hydrogen-bond donors (Lipinski definition) is 0. The molecule has 28 heavy (non-hydrogen) atoms. The fourth-order valence-electron chi connectivity index (χ4n) is 2.75. The van der Waals surface area contributed by atoms with Crippen LogP contribution in [0.3, 0.4) is 0 Å². The minimum Gasteiger partial charge on any atom is -0.452 e. The third kappa shape index (κ3) is 5.51. The van der Waals surface area contributed by atoms with Crippen LogP contribution in [-0.2, 0) is 11.3 Å². The molecule has 0 bridgehead atoms. The molecule has 7 heteroatoms. The molecule has 2 aromatic carbocycles. The molecule has 0 aliphatic rings. The van der Waals surface area contributed by atoms with Crippen LogP contribution in [0.4, 0.5) is 0 Å². The second-order valence-electron chi connectivity index (χ2n) is 6.60. The van der Waals surface area contributed by atoms with Gasteiger partial charge in [0.15, 0.2) is 0 Å². The molecule has 0 saturated heterocycles. The maximum atomic E-state index is 12.7. The highest BCUT2D eigenvalue weighted by molar-refractivity contribution is 6.35. The molecule has 0 aliphatic heterocycles. The third-order valence-corrected chi connectivity index (χ3v) is 4.87. The Balaban J connectivity index is 0.00000280. The van der Waals surface area contributed by atoms with Crippen molar-refractivity contribution < 1.29 is 9.53 Å². The standard InChI is InChI=1S/C21H20Cl2N2O2.ClH/c1-14(2)15-3-5-16(6-4-15)21(26)27-20(12-25-10-9-24-13-25)18-8-7-17(22)11-19(18)23;/h3-11,13-14,20H,12H2,1-2H3;1H. The highest BCUT2D eigenvalue weighted by Crippen LogP contribution is 2.30. The van der Waals surface area contributed by atoms with E-state index < -0.39 is 12.1 Å². The smallest absolute Gasteiger partial charge is 0.338 e. The molecule has 1 unspecified atom stereocenters. The van der Waals surface area contributed by atoms with Gasteiger partial charge in [-0.3, -0.25) is 0 Å². The van der Waals surface area contributed by atoms with E-state index in [0.29, 0.717) is 33.6 Å². The van der Waals surface area contributed by atoms with Crippen molar-refractivity contribution in [3.63, 3.8) is 0 Å². The van der Waals surface area contributed by atoms with Gasteiger partial charge in [-0.15, -0.1) is 12.4 Å². The van der Waals surface area contributed by atoms with Crippen molar-refractivity contribution in [2.75, 3.05) is 0 Å². The van der Waals surface area contributed by atoms with Crippen molar-refractivity contribution in [2.24, 2.45) is 0 Å². The number of ether oxygens (including phenoxy) is 1. The Kier molecular flexibility index (Phi) is 7.93. The van der Waals surface area contributed by atoms with Crippen LogP contribution >= 0.6 is 35.6 Å². The van der Waals surface area contributed by atoms with E-state index in [1.165, 1.54) is 5.56 Å². The fourth-order valence-corrected chi connectivity index (χ4v) is 3.28. The van der Waals surface area contributed by atoms with Gasteiger partial charge in [-0.05, 0) is 35.7 Å². The molecule has 0 N–H and O–H groups in total. The Bertz CT molecular complexity index is 910. The van der Waals surface area contributed by atoms with Gasteiger partial charge in [0, 0.05) is 28.0 Å². The summed E-state index contributed by atoms with van der Waals surface area (Å²) in [5, 5.41) is 0.983. The van der Waals surface area contributed by atoms with E-state index >= 15 is 0 Å². The lowest BCUT2D eigenvalue weighted by atomic mass is 10.0. The summed E-state index contributed by atoms with van der Waals surface area (Å²) in [4.78, 5) is 16.7. The molecule has 148 valence electrons. The largest absolute Gasteiger partial charge is 0.452 e. The number of esters is 1. The van der Waals surface area contributed by atoms with E-state index in [4.69, 9.17) is 27.9 Å². The van der Waals surface area contributed by atoms with Gasteiger partial charge in [-0.2, -0.15) is 0 Å². The number of hydrogen-bond acceptors (Lipinski definition) is 3. The molecule has 0 spiro atoms. The topological polar surface area (TPSA) is 44.1 Å². The Labute approximate surface area is 180 Å². The summed E-state index contributed by atoms with van der Waals surface area (Å²) in [6.45, 7) is 4.62. The van der Waals surface area contributed by atoms with Gasteiger partial charge < -0.3 is 9.30 Å². The summed E-state index contributed by atoms with van der Waals surface area (Å²) >= 11 is 12.3. The van der Waals surface area contributed by atoms with Crippen molar-refractivity contribution in [3.8, 4) is 0 Å². The molecule has 0 aliphatic carbocycles. The number of aromatic nitrogens is 2. The predicted molar refractivity (Wildman–Crippen MR) is 115 cm³/mol. The van der Waals surface area contributed by atoms with Crippen molar-refractivity contribution >= 4 is 41.6 Å². The number of benzene rings is 2. The first-order chi connectivity index (χ1) is 12.9. The minimum atomic E-state index is -0.568. The molecule has 1 heterocycles. The van der Waals surface area contributed by atoms with Gasteiger partial charge in [0.25, 0.3) is 0 Å². The maximum absolute atomic E-state index is 12.7. The van der Waals surface area contributed by atoms with Crippen molar-refractivity contribution in [2.45, 2.75) is 32.4 Å². The van der Waals surface area contributed by atoms with Crippen molar-refractivity contribution in [3.05, 3.63) is 87.9 Å². The Morgan fingerprint density at radius 1 is 1.14 bits per heavy atom. The minimum absolute atomic E-state index is 0. The SMILES string of the molecule is CC(C)c1ccc(C(=O)OC(Cn2ccnc2)c2ccc(Cl)cc2Cl)cc1.Cl. The molecule has 1 atom stereocenters. The quantitative estimate of drug-likeness (QED) is 0.421. The third-order valence-electron chi connectivity index (χ3n) is 4.31. The number of rotatable bonds is 6. The highest BCUT2D eigenvalue weighted by Gasteiger charge is 2.21. The first-order valence-corrected chi connectivity index (χ1v) is 9.41. The average molecular weight is 440 g/mol. The van der Waals surface area contributed by atoms with Crippen LogP contribution in [0.25, 0.3) is 0 Å². The molecule has 1 aromatic heterocycles.